The third-order valence-corrected chi connectivity index (χ3v) is 4.18. The lowest BCUT2D eigenvalue weighted by atomic mass is 10.0. The van der Waals surface area contributed by atoms with Gasteiger partial charge in [-0.3, -0.25) is 4.98 Å². The molecule has 0 aliphatic rings. The molecule has 0 saturated heterocycles. The SMILES string of the molecule is NCc1ccccc1-n1nnc(-c2ccc(F)cc2)c1-c1ccncc1. The quantitative estimate of drug-likeness (QED) is 0.614. The van der Waals surface area contributed by atoms with Crippen molar-refractivity contribution in [1.82, 2.24) is 20.0 Å². The Morgan fingerprint density at radius 1 is 0.885 bits per heavy atom. The number of benzene rings is 2. The highest BCUT2D eigenvalue weighted by atomic mass is 19.1. The van der Waals surface area contributed by atoms with E-state index in [1.54, 1.807) is 29.2 Å². The molecule has 0 saturated carbocycles. The first kappa shape index (κ1) is 16.1. The van der Waals surface area contributed by atoms with Crippen LogP contribution in [0, 0.1) is 5.82 Å². The summed E-state index contributed by atoms with van der Waals surface area (Å²) < 4.78 is 15.1. The van der Waals surface area contributed by atoms with Crippen molar-refractivity contribution >= 4 is 0 Å². The van der Waals surface area contributed by atoms with Crippen molar-refractivity contribution in [2.45, 2.75) is 6.54 Å². The molecule has 4 aromatic rings. The van der Waals surface area contributed by atoms with Crippen LogP contribution in [-0.2, 0) is 6.54 Å². The number of hydrogen-bond acceptors (Lipinski definition) is 4. The molecule has 0 unspecified atom stereocenters. The fourth-order valence-electron chi connectivity index (χ4n) is 2.91. The van der Waals surface area contributed by atoms with Gasteiger partial charge in [0.05, 0.1) is 5.69 Å². The Morgan fingerprint density at radius 2 is 1.62 bits per heavy atom. The van der Waals surface area contributed by atoms with Gasteiger partial charge in [-0.2, -0.15) is 0 Å². The van der Waals surface area contributed by atoms with Gasteiger partial charge >= 0.3 is 0 Å². The Bertz CT molecular complexity index is 1030. The predicted molar refractivity (Wildman–Crippen MR) is 97.9 cm³/mol. The van der Waals surface area contributed by atoms with Gasteiger partial charge in [-0.25, -0.2) is 9.07 Å². The van der Waals surface area contributed by atoms with Gasteiger partial charge in [0.2, 0.25) is 0 Å². The largest absolute Gasteiger partial charge is 0.326 e. The summed E-state index contributed by atoms with van der Waals surface area (Å²) in [6.45, 7) is 0.387. The molecule has 0 fully saturated rings. The summed E-state index contributed by atoms with van der Waals surface area (Å²) in [5.74, 6) is -0.292. The Hall–Kier alpha value is -3.38. The number of pyridine rings is 1. The minimum Gasteiger partial charge on any atom is -0.326 e. The van der Waals surface area contributed by atoms with E-state index in [0.717, 1.165) is 28.1 Å². The number of hydrogen-bond donors (Lipinski definition) is 1. The molecule has 2 aromatic heterocycles. The van der Waals surface area contributed by atoms with Crippen LogP contribution in [0.2, 0.25) is 0 Å². The van der Waals surface area contributed by atoms with Crippen molar-refractivity contribution in [2.24, 2.45) is 5.73 Å². The molecule has 128 valence electrons. The molecule has 2 heterocycles. The summed E-state index contributed by atoms with van der Waals surface area (Å²) in [5, 5.41) is 8.74. The predicted octanol–water partition coefficient (Wildman–Crippen LogP) is 3.59. The van der Waals surface area contributed by atoms with Crippen LogP contribution < -0.4 is 5.73 Å². The first-order valence-electron chi connectivity index (χ1n) is 8.18. The molecule has 26 heavy (non-hydrogen) atoms. The smallest absolute Gasteiger partial charge is 0.123 e. The van der Waals surface area contributed by atoms with Gasteiger partial charge < -0.3 is 5.73 Å². The van der Waals surface area contributed by atoms with E-state index >= 15 is 0 Å². The molecule has 0 amide bonds. The molecule has 4 rings (SSSR count). The lowest BCUT2D eigenvalue weighted by molar-refractivity contribution is 0.628. The van der Waals surface area contributed by atoms with Crippen molar-refractivity contribution < 1.29 is 4.39 Å². The average molecular weight is 345 g/mol. The topological polar surface area (TPSA) is 69.6 Å². The number of nitrogens with zero attached hydrogens (tertiary/aromatic N) is 4. The highest BCUT2D eigenvalue weighted by Crippen LogP contribution is 2.32. The number of para-hydroxylation sites is 1. The zero-order valence-corrected chi connectivity index (χ0v) is 13.9. The summed E-state index contributed by atoms with van der Waals surface area (Å²) in [4.78, 5) is 4.09. The lowest BCUT2D eigenvalue weighted by Crippen LogP contribution is -2.07. The Labute approximate surface area is 149 Å². The highest BCUT2D eigenvalue weighted by molar-refractivity contribution is 5.79. The monoisotopic (exact) mass is 345 g/mol. The highest BCUT2D eigenvalue weighted by Gasteiger charge is 2.19. The van der Waals surface area contributed by atoms with Crippen LogP contribution in [0.1, 0.15) is 5.56 Å². The molecule has 6 heteroatoms. The van der Waals surface area contributed by atoms with E-state index in [0.29, 0.717) is 12.2 Å². The second-order valence-electron chi connectivity index (χ2n) is 5.77. The van der Waals surface area contributed by atoms with Gasteiger partial charge in [0.1, 0.15) is 17.2 Å². The Morgan fingerprint density at radius 3 is 2.35 bits per heavy atom. The van der Waals surface area contributed by atoms with Crippen LogP contribution >= 0.6 is 0 Å². The molecule has 0 aliphatic heterocycles. The molecule has 2 N–H and O–H groups in total. The van der Waals surface area contributed by atoms with Crippen molar-refractivity contribution in [3.8, 4) is 28.2 Å². The Balaban J connectivity index is 1.97. The van der Waals surface area contributed by atoms with Crippen molar-refractivity contribution in [1.29, 1.82) is 0 Å². The summed E-state index contributed by atoms with van der Waals surface area (Å²) in [5.41, 5.74) is 10.9. The van der Waals surface area contributed by atoms with Crippen molar-refractivity contribution in [3.63, 3.8) is 0 Å². The molecule has 0 aliphatic carbocycles. The standard InChI is InChI=1S/C20H16FN5/c21-17-7-5-14(6-8-17)19-20(15-9-11-23-12-10-15)26(25-24-19)18-4-2-1-3-16(18)13-22/h1-12H,13,22H2. The van der Waals surface area contributed by atoms with Gasteiger partial charge in [0.15, 0.2) is 0 Å². The van der Waals surface area contributed by atoms with Crippen LogP contribution in [0.25, 0.3) is 28.2 Å². The number of aromatic nitrogens is 4. The molecule has 0 bridgehead atoms. The van der Waals surface area contributed by atoms with Crippen LogP contribution in [0.15, 0.2) is 73.1 Å². The lowest BCUT2D eigenvalue weighted by Gasteiger charge is -2.11. The van der Waals surface area contributed by atoms with E-state index < -0.39 is 0 Å². The molecule has 0 spiro atoms. The van der Waals surface area contributed by atoms with Gasteiger partial charge in [-0.15, -0.1) is 5.10 Å². The number of nitrogens with two attached hydrogens (primary N) is 1. The first-order valence-corrected chi connectivity index (χ1v) is 8.18. The maximum absolute atomic E-state index is 13.3. The first-order chi connectivity index (χ1) is 12.8. The van der Waals surface area contributed by atoms with Crippen LogP contribution in [0.3, 0.4) is 0 Å². The van der Waals surface area contributed by atoms with E-state index in [4.69, 9.17) is 5.73 Å². The molecule has 0 radical (unpaired) electrons. The molecular formula is C20H16FN5. The third-order valence-electron chi connectivity index (χ3n) is 4.18. The summed E-state index contributed by atoms with van der Waals surface area (Å²) >= 11 is 0. The van der Waals surface area contributed by atoms with Crippen LogP contribution in [-0.4, -0.2) is 20.0 Å². The maximum Gasteiger partial charge on any atom is 0.123 e. The zero-order valence-electron chi connectivity index (χ0n) is 13.9. The Kier molecular flexibility index (Phi) is 4.25. The molecular weight excluding hydrogens is 329 g/mol. The van der Waals surface area contributed by atoms with Gasteiger partial charge in [0, 0.05) is 30.1 Å². The fraction of sp³-hybridized carbons (Fsp3) is 0.0500. The third kappa shape index (κ3) is 2.87. The molecule has 5 nitrogen and oxygen atoms in total. The van der Waals surface area contributed by atoms with E-state index in [2.05, 4.69) is 15.3 Å². The number of halogens is 1. The van der Waals surface area contributed by atoms with E-state index in [9.17, 15) is 4.39 Å². The summed E-state index contributed by atoms with van der Waals surface area (Å²) in [6, 6.07) is 17.8. The molecule has 2 aromatic carbocycles. The van der Waals surface area contributed by atoms with E-state index in [-0.39, 0.29) is 5.82 Å². The number of rotatable bonds is 4. The minimum atomic E-state index is -0.292. The van der Waals surface area contributed by atoms with E-state index in [1.165, 1.54) is 12.1 Å². The van der Waals surface area contributed by atoms with Gasteiger partial charge in [-0.1, -0.05) is 23.4 Å². The zero-order chi connectivity index (χ0) is 17.9. The van der Waals surface area contributed by atoms with E-state index in [1.807, 2.05) is 36.4 Å². The van der Waals surface area contributed by atoms with Gasteiger partial charge in [0.25, 0.3) is 0 Å². The van der Waals surface area contributed by atoms with Crippen LogP contribution in [0.4, 0.5) is 4.39 Å². The summed E-state index contributed by atoms with van der Waals surface area (Å²) in [6.07, 6.45) is 3.44. The molecule has 0 atom stereocenters. The van der Waals surface area contributed by atoms with Gasteiger partial charge in [-0.05, 0) is 48.0 Å². The van der Waals surface area contributed by atoms with Crippen LogP contribution in [0.5, 0.6) is 0 Å². The van der Waals surface area contributed by atoms with Crippen molar-refractivity contribution in [2.75, 3.05) is 0 Å². The summed E-state index contributed by atoms with van der Waals surface area (Å²) in [7, 11) is 0. The second-order valence-corrected chi connectivity index (χ2v) is 5.77. The minimum absolute atomic E-state index is 0.292. The average Bonchev–Trinajstić information content (AvgIpc) is 3.14. The van der Waals surface area contributed by atoms with Crippen molar-refractivity contribution in [3.05, 3.63) is 84.4 Å². The fourth-order valence-corrected chi connectivity index (χ4v) is 2.91. The normalized spacial score (nSPS) is 10.8. The second kappa shape index (κ2) is 6.85. The maximum atomic E-state index is 13.3.